The van der Waals surface area contributed by atoms with Gasteiger partial charge in [-0.15, -0.1) is 0 Å². The molecule has 0 bridgehead atoms. The van der Waals surface area contributed by atoms with Crippen LogP contribution in [-0.4, -0.2) is 35.0 Å². The zero-order valence-electron chi connectivity index (χ0n) is 17.2. The lowest BCUT2D eigenvalue weighted by Gasteiger charge is -2.22. The summed E-state index contributed by atoms with van der Waals surface area (Å²) in [6.07, 6.45) is 2.39. The van der Waals surface area contributed by atoms with Gasteiger partial charge in [0.1, 0.15) is 0 Å². The minimum atomic E-state index is -0.950. The number of hydrogen-bond acceptors (Lipinski definition) is 5. The highest BCUT2D eigenvalue weighted by Gasteiger charge is 2.24. The standard InChI is InChI=1S/C25H21N3O3/c1-17(24(29)28(2)19-8-4-3-5-9-19)31-25(30)21-16-23(18-12-14-26-15-13-18)27-22-11-7-6-10-20(21)22/h3-17H,1-2H3/t17-/m1/s1. The Morgan fingerprint density at radius 2 is 1.61 bits per heavy atom. The molecule has 0 aliphatic heterocycles. The quantitative estimate of drug-likeness (QED) is 0.452. The lowest BCUT2D eigenvalue weighted by atomic mass is 10.0. The van der Waals surface area contributed by atoms with Crippen molar-refractivity contribution in [2.75, 3.05) is 11.9 Å². The summed E-state index contributed by atoms with van der Waals surface area (Å²) in [5, 5.41) is 0.668. The molecular weight excluding hydrogens is 390 g/mol. The third kappa shape index (κ3) is 4.28. The molecule has 31 heavy (non-hydrogen) atoms. The molecule has 4 aromatic rings. The molecule has 1 atom stereocenters. The number of pyridine rings is 2. The summed E-state index contributed by atoms with van der Waals surface area (Å²) in [4.78, 5) is 36.0. The van der Waals surface area contributed by atoms with E-state index < -0.39 is 12.1 Å². The third-order valence-corrected chi connectivity index (χ3v) is 5.02. The molecule has 4 rings (SSSR count). The van der Waals surface area contributed by atoms with Crippen LogP contribution in [-0.2, 0) is 9.53 Å². The van der Waals surface area contributed by atoms with Gasteiger partial charge < -0.3 is 9.64 Å². The van der Waals surface area contributed by atoms with Gasteiger partial charge in [0, 0.05) is 36.1 Å². The zero-order valence-corrected chi connectivity index (χ0v) is 17.2. The van der Waals surface area contributed by atoms with Crippen molar-refractivity contribution >= 4 is 28.5 Å². The maximum atomic E-state index is 13.1. The summed E-state index contributed by atoms with van der Waals surface area (Å²) >= 11 is 0. The molecule has 6 nitrogen and oxygen atoms in total. The first-order valence-corrected chi connectivity index (χ1v) is 9.88. The first-order valence-electron chi connectivity index (χ1n) is 9.88. The molecule has 2 aromatic heterocycles. The molecule has 0 N–H and O–H groups in total. The first-order chi connectivity index (χ1) is 15.0. The lowest BCUT2D eigenvalue weighted by molar-refractivity contribution is -0.126. The molecule has 2 aromatic carbocycles. The van der Waals surface area contributed by atoms with Gasteiger partial charge in [-0.2, -0.15) is 0 Å². The van der Waals surface area contributed by atoms with Crippen molar-refractivity contribution in [2.24, 2.45) is 0 Å². The fourth-order valence-electron chi connectivity index (χ4n) is 3.34. The highest BCUT2D eigenvalue weighted by Crippen LogP contribution is 2.25. The number of carbonyl (C=O) groups is 2. The molecule has 0 saturated carbocycles. The molecule has 0 spiro atoms. The summed E-state index contributed by atoms with van der Waals surface area (Å²) < 4.78 is 5.57. The number of carbonyl (C=O) groups excluding carboxylic acids is 2. The van der Waals surface area contributed by atoms with Crippen LogP contribution < -0.4 is 4.90 Å². The Morgan fingerprint density at radius 3 is 2.35 bits per heavy atom. The molecule has 6 heteroatoms. The number of likely N-dealkylation sites (N-methyl/N-ethyl adjacent to an activating group) is 1. The number of hydrogen-bond donors (Lipinski definition) is 0. The van der Waals surface area contributed by atoms with Crippen molar-refractivity contribution in [3.63, 3.8) is 0 Å². The van der Waals surface area contributed by atoms with E-state index in [1.807, 2.05) is 66.7 Å². The molecule has 0 aliphatic carbocycles. The topological polar surface area (TPSA) is 72.4 Å². The Balaban J connectivity index is 1.63. The molecule has 2 heterocycles. The smallest absolute Gasteiger partial charge is 0.339 e. The first kappa shape index (κ1) is 20.2. The lowest BCUT2D eigenvalue weighted by Crippen LogP contribution is -2.37. The number of para-hydroxylation sites is 2. The predicted molar refractivity (Wildman–Crippen MR) is 120 cm³/mol. The van der Waals surface area contributed by atoms with Crippen LogP contribution in [0.1, 0.15) is 17.3 Å². The third-order valence-electron chi connectivity index (χ3n) is 5.02. The molecule has 0 saturated heterocycles. The molecule has 0 aliphatic rings. The van der Waals surface area contributed by atoms with Gasteiger partial charge in [0.25, 0.3) is 5.91 Å². The van der Waals surface area contributed by atoms with Crippen molar-refractivity contribution in [1.82, 2.24) is 9.97 Å². The zero-order chi connectivity index (χ0) is 21.8. The summed E-state index contributed by atoms with van der Waals surface area (Å²) in [5.74, 6) is -0.886. The number of nitrogens with zero attached hydrogens (tertiary/aromatic N) is 3. The number of ether oxygens (including phenoxy) is 1. The van der Waals surface area contributed by atoms with E-state index in [0.717, 1.165) is 11.3 Å². The minimum absolute atomic E-state index is 0.313. The number of fused-ring (bicyclic) bond motifs is 1. The van der Waals surface area contributed by atoms with Crippen molar-refractivity contribution in [3.8, 4) is 11.3 Å². The second-order valence-corrected chi connectivity index (χ2v) is 7.09. The van der Waals surface area contributed by atoms with Gasteiger partial charge in [-0.25, -0.2) is 9.78 Å². The van der Waals surface area contributed by atoms with Gasteiger partial charge in [-0.1, -0.05) is 36.4 Å². The molecule has 154 valence electrons. The van der Waals surface area contributed by atoms with Crippen molar-refractivity contribution in [1.29, 1.82) is 0 Å². The Kier molecular flexibility index (Phi) is 5.71. The normalized spacial score (nSPS) is 11.7. The summed E-state index contributed by atoms with van der Waals surface area (Å²) in [7, 11) is 1.66. The van der Waals surface area contributed by atoms with Crippen molar-refractivity contribution in [2.45, 2.75) is 13.0 Å². The molecular formula is C25H21N3O3. The Morgan fingerprint density at radius 1 is 0.935 bits per heavy atom. The van der Waals surface area contributed by atoms with Gasteiger partial charge in [0.05, 0.1) is 16.8 Å². The van der Waals surface area contributed by atoms with E-state index in [1.54, 1.807) is 32.4 Å². The summed E-state index contributed by atoms with van der Waals surface area (Å²) in [6, 6.07) is 21.9. The van der Waals surface area contributed by atoms with Crippen LogP contribution in [0.5, 0.6) is 0 Å². The van der Waals surface area contributed by atoms with Crippen molar-refractivity contribution in [3.05, 3.63) is 90.8 Å². The van der Waals surface area contributed by atoms with Crippen LogP contribution in [0.2, 0.25) is 0 Å². The average Bonchev–Trinajstić information content (AvgIpc) is 2.83. The molecule has 1 amide bonds. The van der Waals surface area contributed by atoms with Crippen LogP contribution >= 0.6 is 0 Å². The van der Waals surface area contributed by atoms with Gasteiger partial charge in [0.2, 0.25) is 0 Å². The average molecular weight is 411 g/mol. The summed E-state index contributed by atoms with van der Waals surface area (Å²) in [6.45, 7) is 1.58. The van der Waals surface area contributed by atoms with Gasteiger partial charge >= 0.3 is 5.97 Å². The Bertz CT molecular complexity index is 1230. The van der Waals surface area contributed by atoms with E-state index in [-0.39, 0.29) is 5.91 Å². The molecule has 0 unspecified atom stereocenters. The Hall–Kier alpha value is -4.06. The predicted octanol–water partition coefficient (Wildman–Crippen LogP) is 4.51. The second kappa shape index (κ2) is 8.75. The highest BCUT2D eigenvalue weighted by molar-refractivity contribution is 6.06. The maximum Gasteiger partial charge on any atom is 0.339 e. The van der Waals surface area contributed by atoms with Crippen LogP contribution in [0.25, 0.3) is 22.2 Å². The van der Waals surface area contributed by atoms with Crippen LogP contribution in [0.3, 0.4) is 0 Å². The van der Waals surface area contributed by atoms with Crippen LogP contribution in [0.15, 0.2) is 85.2 Å². The summed E-state index contributed by atoms with van der Waals surface area (Å²) in [5.41, 5.74) is 3.23. The number of benzene rings is 2. The minimum Gasteiger partial charge on any atom is -0.449 e. The van der Waals surface area contributed by atoms with E-state index in [9.17, 15) is 9.59 Å². The fraction of sp³-hybridized carbons (Fsp3) is 0.120. The van der Waals surface area contributed by atoms with Crippen LogP contribution in [0, 0.1) is 0 Å². The molecule has 0 fully saturated rings. The van der Waals surface area contributed by atoms with Crippen LogP contribution in [0.4, 0.5) is 5.69 Å². The maximum absolute atomic E-state index is 13.1. The largest absolute Gasteiger partial charge is 0.449 e. The number of amides is 1. The molecule has 0 radical (unpaired) electrons. The number of anilines is 1. The second-order valence-electron chi connectivity index (χ2n) is 7.09. The number of esters is 1. The van der Waals surface area contributed by atoms with E-state index in [2.05, 4.69) is 9.97 Å². The number of rotatable bonds is 5. The monoisotopic (exact) mass is 411 g/mol. The number of aromatic nitrogens is 2. The van der Waals surface area contributed by atoms with E-state index >= 15 is 0 Å². The van der Waals surface area contributed by atoms with Gasteiger partial charge in [-0.3, -0.25) is 9.78 Å². The van der Waals surface area contributed by atoms with E-state index in [1.165, 1.54) is 4.90 Å². The van der Waals surface area contributed by atoms with Crippen molar-refractivity contribution < 1.29 is 14.3 Å². The van der Waals surface area contributed by atoms with Gasteiger partial charge in [-0.05, 0) is 43.3 Å². The van der Waals surface area contributed by atoms with E-state index in [4.69, 9.17) is 4.74 Å². The van der Waals surface area contributed by atoms with Gasteiger partial charge in [0.15, 0.2) is 6.10 Å². The highest BCUT2D eigenvalue weighted by atomic mass is 16.5. The van der Waals surface area contributed by atoms with E-state index in [0.29, 0.717) is 22.2 Å². The Labute approximate surface area is 180 Å². The fourth-order valence-corrected chi connectivity index (χ4v) is 3.34. The SMILES string of the molecule is C[C@@H](OC(=O)c1cc(-c2ccncc2)nc2ccccc12)C(=O)N(C)c1ccccc1.